The SMILES string of the molecule is CCCCOC(=O)CN1CCN(CC(O)CNS(=O)(=O)c2cccc(C(=O)OC)c2)CCN(CC(=O)OC(C)(C)C)CCN(CP(=O)(OCCCC)OCCCC)CC1. The number of rotatable bonds is 24. The van der Waals surface area contributed by atoms with E-state index >= 15 is 0 Å². The molecule has 1 unspecified atom stereocenters. The van der Waals surface area contributed by atoms with Crippen LogP contribution in [0.5, 0.6) is 0 Å². The second-order valence-electron chi connectivity index (χ2n) is 15.8. The van der Waals surface area contributed by atoms with Crippen molar-refractivity contribution < 1.29 is 55.7 Å². The van der Waals surface area contributed by atoms with E-state index in [0.29, 0.717) is 72.2 Å². The second kappa shape index (κ2) is 27.4. The van der Waals surface area contributed by atoms with E-state index in [2.05, 4.69) is 4.72 Å². The van der Waals surface area contributed by atoms with E-state index in [1.165, 1.54) is 31.4 Å². The molecule has 1 fully saturated rings. The molecule has 1 heterocycles. The van der Waals surface area contributed by atoms with Crippen molar-refractivity contribution in [1.82, 2.24) is 24.3 Å². The molecule has 1 atom stereocenters. The van der Waals surface area contributed by atoms with Gasteiger partial charge in [0.2, 0.25) is 10.0 Å². The summed E-state index contributed by atoms with van der Waals surface area (Å²) in [6.07, 6.45) is 3.74. The smallest absolute Gasteiger partial charge is 0.344 e. The average molecular weight is 878 g/mol. The number of aliphatic hydroxyl groups is 1. The number of ether oxygens (including phenoxy) is 3. The number of β-amino-alcohol motifs (C(OH)–C–C–N with tert-alkyl or cyclic N) is 1. The Morgan fingerprint density at radius 2 is 1.31 bits per heavy atom. The first-order chi connectivity index (χ1) is 27.9. The van der Waals surface area contributed by atoms with Crippen LogP contribution in [0, 0.1) is 0 Å². The lowest BCUT2D eigenvalue weighted by molar-refractivity contribution is -0.156. The van der Waals surface area contributed by atoms with Crippen LogP contribution in [0.3, 0.4) is 0 Å². The normalized spacial score (nSPS) is 16.8. The largest absolute Gasteiger partial charge is 0.465 e. The summed E-state index contributed by atoms with van der Waals surface area (Å²) in [6, 6.07) is 5.43. The van der Waals surface area contributed by atoms with Crippen LogP contribution in [0.1, 0.15) is 90.4 Å². The topological polar surface area (TPSA) is 194 Å². The molecule has 0 spiro atoms. The fraction of sp³-hybridized carbons (Fsp3) is 0.775. The van der Waals surface area contributed by atoms with Crippen molar-refractivity contribution in [3.63, 3.8) is 0 Å². The van der Waals surface area contributed by atoms with Crippen LogP contribution < -0.4 is 4.72 Å². The van der Waals surface area contributed by atoms with Gasteiger partial charge >= 0.3 is 25.5 Å². The lowest BCUT2D eigenvalue weighted by Crippen LogP contribution is -2.50. The zero-order valence-electron chi connectivity index (χ0n) is 36.5. The highest BCUT2D eigenvalue weighted by Gasteiger charge is 2.30. The molecule has 59 heavy (non-hydrogen) atoms. The summed E-state index contributed by atoms with van der Waals surface area (Å²) in [5.74, 6) is -1.45. The molecule has 2 N–H and O–H groups in total. The lowest BCUT2D eigenvalue weighted by atomic mass is 10.2. The predicted molar refractivity (Wildman–Crippen MR) is 226 cm³/mol. The van der Waals surface area contributed by atoms with Crippen molar-refractivity contribution in [1.29, 1.82) is 0 Å². The van der Waals surface area contributed by atoms with Gasteiger partial charge in [-0.3, -0.25) is 33.8 Å². The molecule has 0 aromatic heterocycles. The highest BCUT2D eigenvalue weighted by Crippen LogP contribution is 2.49. The van der Waals surface area contributed by atoms with E-state index < -0.39 is 41.3 Å². The van der Waals surface area contributed by atoms with Crippen molar-refractivity contribution >= 4 is 35.5 Å². The number of aliphatic hydroxyl groups excluding tert-OH is 1. The van der Waals surface area contributed by atoms with Gasteiger partial charge in [-0.2, -0.15) is 0 Å². The number of carbonyl (C=O) groups is 3. The minimum Gasteiger partial charge on any atom is -0.465 e. The first kappa shape index (κ1) is 52.6. The molecule has 0 saturated carbocycles. The van der Waals surface area contributed by atoms with Gasteiger partial charge in [-0.15, -0.1) is 0 Å². The molecule has 1 aliphatic rings. The number of benzene rings is 1. The molecule has 0 bridgehead atoms. The highest BCUT2D eigenvalue weighted by atomic mass is 32.2. The molecule has 19 heteroatoms. The second-order valence-corrected chi connectivity index (χ2v) is 19.6. The molecular weight excluding hydrogens is 806 g/mol. The molecule has 2 rings (SSSR count). The predicted octanol–water partition coefficient (Wildman–Crippen LogP) is 3.80. The molecule has 1 aromatic rings. The fourth-order valence-electron chi connectivity index (χ4n) is 5.95. The number of nitrogens with one attached hydrogen (secondary N) is 1. The van der Waals surface area contributed by atoms with Crippen LogP contribution in [-0.4, -0.2) is 174 Å². The van der Waals surface area contributed by atoms with Crippen molar-refractivity contribution in [2.24, 2.45) is 0 Å². The van der Waals surface area contributed by atoms with Crippen LogP contribution in [0.25, 0.3) is 0 Å². The molecule has 1 aromatic carbocycles. The number of nitrogens with zero attached hydrogens (tertiary/aromatic N) is 4. The molecule has 1 aliphatic heterocycles. The van der Waals surface area contributed by atoms with Crippen molar-refractivity contribution in [2.45, 2.75) is 96.7 Å². The first-order valence-corrected chi connectivity index (χ1v) is 24.1. The minimum absolute atomic E-state index is 0.0146. The quantitative estimate of drug-likeness (QED) is 0.0659. The molecule has 0 amide bonds. The summed E-state index contributed by atoms with van der Waals surface area (Å²) in [6.45, 7) is 15.3. The van der Waals surface area contributed by atoms with Gasteiger partial charge in [0.05, 0.1) is 56.6 Å². The van der Waals surface area contributed by atoms with Crippen LogP contribution >= 0.6 is 7.60 Å². The van der Waals surface area contributed by atoms with Gasteiger partial charge in [-0.1, -0.05) is 46.1 Å². The maximum absolute atomic E-state index is 14.2. The zero-order valence-corrected chi connectivity index (χ0v) is 38.2. The van der Waals surface area contributed by atoms with E-state index in [1.54, 1.807) is 20.8 Å². The third kappa shape index (κ3) is 22.2. The van der Waals surface area contributed by atoms with Gasteiger partial charge in [-0.05, 0) is 58.2 Å². The third-order valence-corrected chi connectivity index (χ3v) is 12.6. The Morgan fingerprint density at radius 1 is 0.797 bits per heavy atom. The summed E-state index contributed by atoms with van der Waals surface area (Å²) in [4.78, 5) is 45.8. The average Bonchev–Trinajstić information content (AvgIpc) is 3.17. The third-order valence-electron chi connectivity index (χ3n) is 9.30. The first-order valence-electron chi connectivity index (χ1n) is 20.9. The van der Waals surface area contributed by atoms with E-state index in [1.807, 2.05) is 40.4 Å². The molecule has 340 valence electrons. The van der Waals surface area contributed by atoms with Gasteiger partial charge in [0.1, 0.15) is 11.9 Å². The summed E-state index contributed by atoms with van der Waals surface area (Å²) in [5.41, 5.74) is -0.623. The number of unbranched alkanes of at least 4 members (excludes halogenated alkanes) is 3. The van der Waals surface area contributed by atoms with Gasteiger partial charge in [0.25, 0.3) is 0 Å². The van der Waals surface area contributed by atoms with E-state index in [0.717, 1.165) is 38.5 Å². The Labute approximate surface area is 352 Å². The molecule has 0 aliphatic carbocycles. The molecule has 1 saturated heterocycles. The number of carbonyl (C=O) groups excluding carboxylic acids is 3. The summed E-state index contributed by atoms with van der Waals surface area (Å²) < 4.78 is 70.7. The summed E-state index contributed by atoms with van der Waals surface area (Å²) >= 11 is 0. The molecular formula is C40H72N5O12PS. The highest BCUT2D eigenvalue weighted by molar-refractivity contribution is 7.89. The molecule has 17 nitrogen and oxygen atoms in total. The van der Waals surface area contributed by atoms with Gasteiger partial charge in [0.15, 0.2) is 0 Å². The van der Waals surface area contributed by atoms with Crippen molar-refractivity contribution in [3.8, 4) is 0 Å². The van der Waals surface area contributed by atoms with Crippen LogP contribution in [0.2, 0.25) is 0 Å². The Balaban J connectivity index is 2.36. The summed E-state index contributed by atoms with van der Waals surface area (Å²) in [5, 5.41) is 11.2. The maximum atomic E-state index is 14.2. The van der Waals surface area contributed by atoms with E-state index in [9.17, 15) is 32.5 Å². The monoisotopic (exact) mass is 877 g/mol. The van der Waals surface area contributed by atoms with Crippen LogP contribution in [-0.2, 0) is 47.4 Å². The summed E-state index contributed by atoms with van der Waals surface area (Å²) in [7, 11) is -6.43. The number of hydrogen-bond donors (Lipinski definition) is 2. The Bertz CT molecular complexity index is 1550. The fourth-order valence-corrected chi connectivity index (χ4v) is 8.90. The van der Waals surface area contributed by atoms with Crippen molar-refractivity contribution in [3.05, 3.63) is 29.8 Å². The van der Waals surface area contributed by atoms with Crippen molar-refractivity contribution in [2.75, 3.05) is 112 Å². The van der Waals surface area contributed by atoms with Gasteiger partial charge in [0, 0.05) is 65.4 Å². The standard InChI is InChI=1S/C40H72N5O12PS/c1-8-11-25-54-37(47)31-43-19-17-42(30-35(46)29-41-59(51,52)36-16-14-15-34(28-36)39(49)53-7)18-20-44(32-38(48)57-40(4,5)6)22-24-45(23-21-43)33-58(50,55-26-12-9-2)56-27-13-10-3/h14-16,28,35,41,46H,8-13,17-27,29-33H2,1-7H3. The number of hydrogen-bond acceptors (Lipinski definition) is 16. The Morgan fingerprint density at radius 3 is 1.83 bits per heavy atom. The zero-order chi connectivity index (χ0) is 43.9. The number of esters is 3. The number of methoxy groups -OCH3 is 1. The molecule has 0 radical (unpaired) electrons. The van der Waals surface area contributed by atoms with Gasteiger partial charge in [-0.25, -0.2) is 17.9 Å². The van der Waals surface area contributed by atoms with Crippen LogP contribution in [0.4, 0.5) is 0 Å². The van der Waals surface area contributed by atoms with Crippen LogP contribution in [0.15, 0.2) is 29.2 Å². The number of sulfonamides is 1. The lowest BCUT2D eigenvalue weighted by Gasteiger charge is -2.35. The van der Waals surface area contributed by atoms with E-state index in [4.69, 9.17) is 23.3 Å². The van der Waals surface area contributed by atoms with E-state index in [-0.39, 0.29) is 48.9 Å². The van der Waals surface area contributed by atoms with Gasteiger partial charge < -0.3 is 28.4 Å². The Hall–Kier alpha value is -2.51. The minimum atomic E-state index is -4.09. The maximum Gasteiger partial charge on any atom is 0.344 e. The Kier molecular flexibility index (Phi) is 24.5.